The van der Waals surface area contributed by atoms with Crippen molar-refractivity contribution in [3.63, 3.8) is 0 Å². The number of halogens is 1. The van der Waals surface area contributed by atoms with E-state index < -0.39 is 35.2 Å². The molecule has 182 valence electrons. The van der Waals surface area contributed by atoms with Crippen LogP contribution >= 0.6 is 0 Å². The minimum absolute atomic E-state index is 0.0167. The summed E-state index contributed by atoms with van der Waals surface area (Å²) in [7, 11) is 0. The molecule has 0 aromatic heterocycles. The fourth-order valence-electron chi connectivity index (χ4n) is 4.78. The number of anilines is 1. The molecule has 2 aromatic carbocycles. The van der Waals surface area contributed by atoms with Gasteiger partial charge in [-0.2, -0.15) is 5.26 Å². The van der Waals surface area contributed by atoms with Gasteiger partial charge in [0.15, 0.2) is 0 Å². The molecule has 0 bridgehead atoms. The van der Waals surface area contributed by atoms with Gasteiger partial charge in [0.05, 0.1) is 11.5 Å². The molecule has 2 aromatic rings. The minimum Gasteiger partial charge on any atom is -0.445 e. The lowest BCUT2D eigenvalue weighted by atomic mass is 9.80. The zero-order chi connectivity index (χ0) is 25.2. The molecule has 1 saturated heterocycles. The first kappa shape index (κ1) is 24.2. The first-order valence-electron chi connectivity index (χ1n) is 11.4. The summed E-state index contributed by atoms with van der Waals surface area (Å²) in [5.41, 5.74) is -0.737. The third-order valence-corrected chi connectivity index (χ3v) is 6.41. The summed E-state index contributed by atoms with van der Waals surface area (Å²) >= 11 is 0. The van der Waals surface area contributed by atoms with Crippen LogP contribution in [-0.4, -0.2) is 47.1 Å². The lowest BCUT2D eigenvalue weighted by Crippen LogP contribution is -2.52. The van der Waals surface area contributed by atoms with E-state index in [1.54, 1.807) is 48.5 Å². The Morgan fingerprint density at radius 2 is 1.94 bits per heavy atom. The maximum absolute atomic E-state index is 14.6. The van der Waals surface area contributed by atoms with E-state index in [9.17, 15) is 24.0 Å². The largest absolute Gasteiger partial charge is 0.445 e. The second-order valence-electron chi connectivity index (χ2n) is 9.58. The molecule has 2 N–H and O–H groups in total. The summed E-state index contributed by atoms with van der Waals surface area (Å²) in [5, 5.41) is 15.1. The van der Waals surface area contributed by atoms with Crippen molar-refractivity contribution < 1.29 is 23.5 Å². The van der Waals surface area contributed by atoms with Crippen molar-refractivity contribution in [2.45, 2.75) is 56.5 Å². The number of rotatable bonds is 6. The number of hydrogen-bond donors (Lipinski definition) is 2. The molecule has 0 saturated carbocycles. The van der Waals surface area contributed by atoms with Crippen LogP contribution in [0.15, 0.2) is 54.6 Å². The molecule has 2 heterocycles. The predicted molar refractivity (Wildman–Crippen MR) is 126 cm³/mol. The van der Waals surface area contributed by atoms with Gasteiger partial charge < -0.3 is 20.3 Å². The van der Waals surface area contributed by atoms with Gasteiger partial charge in [0.1, 0.15) is 24.4 Å². The van der Waals surface area contributed by atoms with Gasteiger partial charge in [-0.3, -0.25) is 9.59 Å². The molecule has 3 atom stereocenters. The number of carbonyl (C=O) groups is 3. The Balaban J connectivity index is 1.54. The fraction of sp³-hybridized carbons (Fsp3) is 0.385. The smallest absolute Gasteiger partial charge is 0.408 e. The number of nitriles is 1. The van der Waals surface area contributed by atoms with Gasteiger partial charge in [-0.05, 0) is 31.0 Å². The number of nitrogens with one attached hydrogen (secondary N) is 2. The van der Waals surface area contributed by atoms with Gasteiger partial charge in [0.2, 0.25) is 11.8 Å². The molecule has 1 spiro atoms. The van der Waals surface area contributed by atoms with E-state index in [0.29, 0.717) is 5.69 Å². The summed E-state index contributed by atoms with van der Waals surface area (Å²) < 4.78 is 19.9. The highest BCUT2D eigenvalue weighted by atomic mass is 19.1. The van der Waals surface area contributed by atoms with Gasteiger partial charge in [0.25, 0.3) is 0 Å². The monoisotopic (exact) mass is 478 g/mol. The van der Waals surface area contributed by atoms with Gasteiger partial charge in [0, 0.05) is 25.1 Å². The first-order valence-corrected chi connectivity index (χ1v) is 11.4. The normalized spacial score (nSPS) is 21.7. The molecular weight excluding hydrogens is 451 g/mol. The third-order valence-electron chi connectivity index (χ3n) is 6.41. The van der Waals surface area contributed by atoms with Crippen molar-refractivity contribution in [2.24, 2.45) is 0 Å². The molecule has 9 heteroatoms. The highest BCUT2D eigenvalue weighted by molar-refractivity contribution is 6.07. The minimum atomic E-state index is -1.79. The van der Waals surface area contributed by atoms with Crippen molar-refractivity contribution in [2.75, 3.05) is 11.9 Å². The SMILES string of the molecule is CC(C)(F)C[C@H](NC(=O)OCc1ccccc1)C(=O)N1C[C@]2(C[C@H]1C#N)C(=O)Nc1ccccc12. The Morgan fingerprint density at radius 1 is 1.26 bits per heavy atom. The molecule has 3 amide bonds. The molecule has 0 unspecified atom stereocenters. The number of benzene rings is 2. The molecule has 2 aliphatic rings. The van der Waals surface area contributed by atoms with Crippen molar-refractivity contribution in [3.8, 4) is 6.07 Å². The number of amides is 3. The Bertz CT molecular complexity index is 1170. The molecule has 8 nitrogen and oxygen atoms in total. The van der Waals surface area contributed by atoms with E-state index in [1.807, 2.05) is 6.07 Å². The van der Waals surface area contributed by atoms with Crippen LogP contribution in [0, 0.1) is 11.3 Å². The number of fused-ring (bicyclic) bond motifs is 2. The quantitative estimate of drug-likeness (QED) is 0.661. The predicted octanol–water partition coefficient (Wildman–Crippen LogP) is 3.43. The molecule has 35 heavy (non-hydrogen) atoms. The highest BCUT2D eigenvalue weighted by Crippen LogP contribution is 2.46. The number of ether oxygens (including phenoxy) is 1. The van der Waals surface area contributed by atoms with E-state index in [4.69, 9.17) is 4.74 Å². The molecule has 2 aliphatic heterocycles. The maximum atomic E-state index is 14.6. The van der Waals surface area contributed by atoms with Crippen LogP contribution in [0.5, 0.6) is 0 Å². The molecule has 1 fully saturated rings. The van der Waals surface area contributed by atoms with Crippen LogP contribution in [0.3, 0.4) is 0 Å². The molecule has 4 rings (SSSR count). The zero-order valence-electron chi connectivity index (χ0n) is 19.6. The van der Waals surface area contributed by atoms with E-state index in [-0.39, 0.29) is 31.9 Å². The van der Waals surface area contributed by atoms with E-state index >= 15 is 0 Å². The Hall–Kier alpha value is -3.93. The average molecular weight is 479 g/mol. The van der Waals surface area contributed by atoms with Crippen LogP contribution < -0.4 is 10.6 Å². The summed E-state index contributed by atoms with van der Waals surface area (Å²) in [6.45, 7) is 2.55. The standard InChI is InChI=1S/C26H27FN4O4/c1-25(2,27)13-21(30-24(34)35-15-17-8-4-3-5-9-17)22(32)31-16-26(12-18(31)14-28)19-10-6-7-11-20(19)29-23(26)33/h3-11,18,21H,12-13,15-16H2,1-2H3,(H,29,33)(H,30,34)/t18-,21-,26-/m0/s1. The topological polar surface area (TPSA) is 112 Å². The Kier molecular flexibility index (Phi) is 6.48. The van der Waals surface area contributed by atoms with Crippen molar-refractivity contribution in [3.05, 3.63) is 65.7 Å². The fourth-order valence-corrected chi connectivity index (χ4v) is 4.78. The second kappa shape index (κ2) is 9.37. The van der Waals surface area contributed by atoms with Crippen molar-refractivity contribution >= 4 is 23.6 Å². The number of carbonyl (C=O) groups excluding carboxylic acids is 3. The van der Waals surface area contributed by atoms with E-state index in [2.05, 4.69) is 16.7 Å². The van der Waals surface area contributed by atoms with Gasteiger partial charge in [-0.1, -0.05) is 48.5 Å². The molecular formula is C26H27FN4O4. The number of hydrogen-bond acceptors (Lipinski definition) is 5. The lowest BCUT2D eigenvalue weighted by Gasteiger charge is -2.29. The Labute approximate surface area is 203 Å². The van der Waals surface area contributed by atoms with Crippen molar-refractivity contribution in [1.82, 2.24) is 10.2 Å². The highest BCUT2D eigenvalue weighted by Gasteiger charge is 2.56. The van der Waals surface area contributed by atoms with Crippen LogP contribution in [0.1, 0.15) is 37.8 Å². The van der Waals surface area contributed by atoms with Crippen LogP contribution in [0.25, 0.3) is 0 Å². The summed E-state index contributed by atoms with van der Waals surface area (Å²) in [4.78, 5) is 40.3. The van der Waals surface area contributed by atoms with E-state index in [1.165, 1.54) is 18.7 Å². The number of likely N-dealkylation sites (tertiary alicyclic amines) is 1. The lowest BCUT2D eigenvalue weighted by molar-refractivity contribution is -0.134. The zero-order valence-corrected chi connectivity index (χ0v) is 19.6. The Morgan fingerprint density at radius 3 is 2.63 bits per heavy atom. The first-order chi connectivity index (χ1) is 16.6. The van der Waals surface area contributed by atoms with Crippen LogP contribution in [0.4, 0.5) is 14.9 Å². The number of nitrogens with zero attached hydrogens (tertiary/aromatic N) is 2. The summed E-state index contributed by atoms with van der Waals surface area (Å²) in [6, 6.07) is 16.1. The van der Waals surface area contributed by atoms with Gasteiger partial charge in [-0.25, -0.2) is 9.18 Å². The van der Waals surface area contributed by atoms with Gasteiger partial charge in [-0.15, -0.1) is 0 Å². The van der Waals surface area contributed by atoms with Crippen LogP contribution in [0.2, 0.25) is 0 Å². The molecule has 0 radical (unpaired) electrons. The van der Waals surface area contributed by atoms with E-state index in [0.717, 1.165) is 11.1 Å². The van der Waals surface area contributed by atoms with Gasteiger partial charge >= 0.3 is 6.09 Å². The van der Waals surface area contributed by atoms with Crippen LogP contribution in [-0.2, 0) is 26.3 Å². The number of alkyl carbamates (subject to hydrolysis) is 1. The maximum Gasteiger partial charge on any atom is 0.408 e. The average Bonchev–Trinajstić information content (AvgIpc) is 3.35. The summed E-state index contributed by atoms with van der Waals surface area (Å²) in [5.74, 6) is -0.917. The molecule has 0 aliphatic carbocycles. The summed E-state index contributed by atoms with van der Waals surface area (Å²) in [6.07, 6.45) is -1.08. The third kappa shape index (κ3) is 4.97. The number of alkyl halides is 1. The number of para-hydroxylation sites is 1. The van der Waals surface area contributed by atoms with Crippen molar-refractivity contribution in [1.29, 1.82) is 5.26 Å². The second-order valence-corrected chi connectivity index (χ2v) is 9.58.